The zero-order valence-electron chi connectivity index (χ0n) is 11.2. The number of halogens is 1. The van der Waals surface area contributed by atoms with Gasteiger partial charge in [0, 0.05) is 25.2 Å². The maximum Gasteiger partial charge on any atom is 0.225 e. The first-order valence-electron chi connectivity index (χ1n) is 6.41. The van der Waals surface area contributed by atoms with Gasteiger partial charge in [-0.05, 0) is 24.6 Å². The minimum Gasteiger partial charge on any atom is -0.375 e. The Morgan fingerprint density at radius 1 is 1.42 bits per heavy atom. The summed E-state index contributed by atoms with van der Waals surface area (Å²) >= 11 is 5.87. The van der Waals surface area contributed by atoms with Crippen molar-refractivity contribution in [3.8, 4) is 0 Å². The lowest BCUT2D eigenvalue weighted by molar-refractivity contribution is -0.128. The van der Waals surface area contributed by atoms with E-state index < -0.39 is 0 Å². The Morgan fingerprint density at radius 2 is 2.05 bits per heavy atom. The Labute approximate surface area is 118 Å². The average molecular weight is 283 g/mol. The van der Waals surface area contributed by atoms with Gasteiger partial charge in [-0.3, -0.25) is 4.79 Å². The van der Waals surface area contributed by atoms with Gasteiger partial charge in [-0.1, -0.05) is 23.7 Å². The number of hydrogen-bond donors (Lipinski definition) is 2. The molecule has 4 nitrogen and oxygen atoms in total. The quantitative estimate of drug-likeness (QED) is 0.865. The molecule has 19 heavy (non-hydrogen) atoms. The second-order valence-corrected chi connectivity index (χ2v) is 5.30. The molecule has 1 aromatic rings. The summed E-state index contributed by atoms with van der Waals surface area (Å²) in [5, 5.41) is 6.79. The first kappa shape index (κ1) is 14.3. The fourth-order valence-corrected chi connectivity index (χ4v) is 2.30. The van der Waals surface area contributed by atoms with Crippen LogP contribution in [-0.2, 0) is 9.53 Å². The lowest BCUT2D eigenvalue weighted by Gasteiger charge is -2.30. The summed E-state index contributed by atoms with van der Waals surface area (Å²) in [4.78, 5) is 11.9. The van der Waals surface area contributed by atoms with E-state index in [-0.39, 0.29) is 24.0 Å². The van der Waals surface area contributed by atoms with Crippen molar-refractivity contribution in [2.45, 2.75) is 19.1 Å². The second-order valence-electron chi connectivity index (χ2n) is 4.86. The first-order chi connectivity index (χ1) is 9.11. The van der Waals surface area contributed by atoms with Crippen molar-refractivity contribution < 1.29 is 9.53 Å². The SMILES string of the molecule is COC(c1ccc(Cl)cc1)C(C)NC(=O)C1CNC1. The highest BCUT2D eigenvalue weighted by molar-refractivity contribution is 6.30. The van der Waals surface area contributed by atoms with Crippen LogP contribution in [0.1, 0.15) is 18.6 Å². The molecule has 2 atom stereocenters. The molecule has 5 heteroatoms. The maximum absolute atomic E-state index is 11.9. The van der Waals surface area contributed by atoms with Gasteiger partial charge in [-0.2, -0.15) is 0 Å². The third-order valence-electron chi connectivity index (χ3n) is 3.43. The number of nitrogens with one attached hydrogen (secondary N) is 2. The van der Waals surface area contributed by atoms with Gasteiger partial charge in [0.1, 0.15) is 6.10 Å². The third kappa shape index (κ3) is 3.47. The highest BCUT2D eigenvalue weighted by atomic mass is 35.5. The van der Waals surface area contributed by atoms with Crippen LogP contribution in [0.2, 0.25) is 5.02 Å². The standard InChI is InChI=1S/C14H19ClN2O2/c1-9(17-14(18)11-7-16-8-11)13(19-2)10-3-5-12(15)6-4-10/h3-6,9,11,13,16H,7-8H2,1-2H3,(H,17,18). The first-order valence-corrected chi connectivity index (χ1v) is 6.79. The van der Waals surface area contributed by atoms with Crippen LogP contribution in [-0.4, -0.2) is 32.1 Å². The van der Waals surface area contributed by atoms with E-state index in [2.05, 4.69) is 10.6 Å². The van der Waals surface area contributed by atoms with E-state index >= 15 is 0 Å². The van der Waals surface area contributed by atoms with Crippen molar-refractivity contribution in [3.63, 3.8) is 0 Å². The summed E-state index contributed by atoms with van der Waals surface area (Å²) in [7, 11) is 1.65. The summed E-state index contributed by atoms with van der Waals surface area (Å²) in [5.74, 6) is 0.174. The van der Waals surface area contributed by atoms with Crippen LogP contribution in [0.15, 0.2) is 24.3 Å². The van der Waals surface area contributed by atoms with E-state index in [9.17, 15) is 4.79 Å². The normalized spacial score (nSPS) is 18.5. The van der Waals surface area contributed by atoms with Crippen molar-refractivity contribution in [3.05, 3.63) is 34.9 Å². The van der Waals surface area contributed by atoms with Gasteiger partial charge in [0.15, 0.2) is 0 Å². The van der Waals surface area contributed by atoms with Gasteiger partial charge in [0.25, 0.3) is 0 Å². The van der Waals surface area contributed by atoms with Crippen molar-refractivity contribution in [2.24, 2.45) is 5.92 Å². The second kappa shape index (κ2) is 6.37. The van der Waals surface area contributed by atoms with E-state index in [1.54, 1.807) is 7.11 Å². The summed E-state index contributed by atoms with van der Waals surface area (Å²) in [6, 6.07) is 7.41. The lowest BCUT2D eigenvalue weighted by Crippen LogP contribution is -2.53. The largest absolute Gasteiger partial charge is 0.375 e. The molecule has 1 fully saturated rings. The fourth-order valence-electron chi connectivity index (χ4n) is 2.17. The van der Waals surface area contributed by atoms with Crippen molar-refractivity contribution in [1.29, 1.82) is 0 Å². The Morgan fingerprint density at radius 3 is 2.53 bits per heavy atom. The molecule has 1 aliphatic rings. The minimum absolute atomic E-state index is 0.0840. The lowest BCUT2D eigenvalue weighted by atomic mass is 9.99. The van der Waals surface area contributed by atoms with Gasteiger partial charge in [-0.25, -0.2) is 0 Å². The highest BCUT2D eigenvalue weighted by Crippen LogP contribution is 2.22. The van der Waals surface area contributed by atoms with Crippen LogP contribution in [0, 0.1) is 5.92 Å². The van der Waals surface area contributed by atoms with Crippen molar-refractivity contribution in [1.82, 2.24) is 10.6 Å². The molecule has 0 aliphatic carbocycles. The van der Waals surface area contributed by atoms with Crippen LogP contribution < -0.4 is 10.6 Å². The van der Waals surface area contributed by atoms with Crippen LogP contribution in [0.5, 0.6) is 0 Å². The molecule has 1 aliphatic heterocycles. The van der Waals surface area contributed by atoms with Gasteiger partial charge in [0.05, 0.1) is 12.0 Å². The number of rotatable bonds is 5. The van der Waals surface area contributed by atoms with E-state index in [4.69, 9.17) is 16.3 Å². The molecule has 1 aromatic carbocycles. The van der Waals surface area contributed by atoms with Crippen LogP contribution in [0.3, 0.4) is 0 Å². The number of benzene rings is 1. The zero-order valence-corrected chi connectivity index (χ0v) is 11.9. The number of hydrogen-bond acceptors (Lipinski definition) is 3. The molecular formula is C14H19ClN2O2. The van der Waals surface area contributed by atoms with E-state index in [0.29, 0.717) is 5.02 Å². The molecule has 0 saturated carbocycles. The zero-order chi connectivity index (χ0) is 13.8. The summed E-state index contributed by atoms with van der Waals surface area (Å²) in [6.45, 7) is 3.47. The predicted octanol–water partition coefficient (Wildman–Crippen LogP) is 1.75. The number of carbonyl (C=O) groups excluding carboxylic acids is 1. The molecule has 1 heterocycles. The molecule has 1 amide bonds. The van der Waals surface area contributed by atoms with E-state index in [0.717, 1.165) is 18.7 Å². The van der Waals surface area contributed by atoms with Crippen molar-refractivity contribution >= 4 is 17.5 Å². The van der Waals surface area contributed by atoms with E-state index in [1.165, 1.54) is 0 Å². The Balaban J connectivity index is 1.99. The monoisotopic (exact) mass is 282 g/mol. The number of ether oxygens (including phenoxy) is 1. The number of carbonyl (C=O) groups is 1. The van der Waals surface area contributed by atoms with Crippen LogP contribution >= 0.6 is 11.6 Å². The molecule has 0 aromatic heterocycles. The summed E-state index contributed by atoms with van der Waals surface area (Å²) in [5.41, 5.74) is 1.01. The molecule has 2 unspecified atom stereocenters. The Bertz CT molecular complexity index is 432. The van der Waals surface area contributed by atoms with Crippen LogP contribution in [0.4, 0.5) is 0 Å². The molecule has 2 rings (SSSR count). The summed E-state index contributed by atoms with van der Waals surface area (Å²) in [6.07, 6.45) is -0.172. The molecule has 0 radical (unpaired) electrons. The Hall–Kier alpha value is -1.10. The molecule has 2 N–H and O–H groups in total. The van der Waals surface area contributed by atoms with E-state index in [1.807, 2.05) is 31.2 Å². The molecule has 104 valence electrons. The van der Waals surface area contributed by atoms with Gasteiger partial charge < -0.3 is 15.4 Å². The predicted molar refractivity (Wildman–Crippen MR) is 75.2 cm³/mol. The highest BCUT2D eigenvalue weighted by Gasteiger charge is 2.28. The third-order valence-corrected chi connectivity index (χ3v) is 3.68. The summed E-state index contributed by atoms with van der Waals surface area (Å²) < 4.78 is 5.50. The van der Waals surface area contributed by atoms with Gasteiger partial charge >= 0.3 is 0 Å². The van der Waals surface area contributed by atoms with Crippen molar-refractivity contribution in [2.75, 3.05) is 20.2 Å². The molecular weight excluding hydrogens is 264 g/mol. The minimum atomic E-state index is -0.172. The van der Waals surface area contributed by atoms with Crippen LogP contribution in [0.25, 0.3) is 0 Å². The van der Waals surface area contributed by atoms with Gasteiger partial charge in [-0.15, -0.1) is 0 Å². The maximum atomic E-state index is 11.9. The molecule has 0 bridgehead atoms. The average Bonchev–Trinajstić information content (AvgIpc) is 2.30. The topological polar surface area (TPSA) is 50.4 Å². The Kier molecular flexibility index (Phi) is 4.80. The number of methoxy groups -OCH3 is 1. The van der Waals surface area contributed by atoms with Gasteiger partial charge in [0.2, 0.25) is 5.91 Å². The number of amides is 1. The fraction of sp³-hybridized carbons (Fsp3) is 0.500. The molecule has 1 saturated heterocycles. The molecule has 0 spiro atoms. The smallest absolute Gasteiger partial charge is 0.225 e.